The number of amides is 2. The highest BCUT2D eigenvalue weighted by molar-refractivity contribution is 6.33. The molecule has 2 amide bonds. The van der Waals surface area contributed by atoms with E-state index in [1.165, 1.54) is 0 Å². The Morgan fingerprint density at radius 1 is 1.09 bits per heavy atom. The summed E-state index contributed by atoms with van der Waals surface area (Å²) in [4.78, 5) is 32.3. The minimum absolute atomic E-state index is 0.100. The molecule has 0 aromatic heterocycles. The summed E-state index contributed by atoms with van der Waals surface area (Å²) in [6.45, 7) is 9.43. The molecular formula is C23H34ClN5O4. The van der Waals surface area contributed by atoms with Crippen LogP contribution in [-0.4, -0.2) is 116 Å². The molecule has 1 aromatic carbocycles. The van der Waals surface area contributed by atoms with Crippen LogP contribution in [0.1, 0.15) is 13.3 Å². The number of morpholine rings is 1. The van der Waals surface area contributed by atoms with Gasteiger partial charge in [-0.1, -0.05) is 11.6 Å². The average Bonchev–Trinajstić information content (AvgIpc) is 3.14. The van der Waals surface area contributed by atoms with Gasteiger partial charge in [0.15, 0.2) is 0 Å². The molecule has 0 aliphatic carbocycles. The number of β-amino-alcohol motifs (C(OH)–C–C–N with tert-alkyl or cyclic N) is 1. The molecule has 0 unspecified atom stereocenters. The summed E-state index contributed by atoms with van der Waals surface area (Å²) < 4.78 is 5.39. The standard InChI is InChI=1S/C23H34ClN5O4/c1-18(30)28-8-6-26(7-9-28)16-23(32)4-5-27(17-23)15-22(31)25-19-2-3-21(20(24)14-19)29-10-12-33-13-11-29/h2-3,14,32H,4-13,15-17H2,1H3,(H,25,31)/t23-/m0/s1. The van der Waals surface area contributed by atoms with E-state index in [-0.39, 0.29) is 18.4 Å². The van der Waals surface area contributed by atoms with Crippen LogP contribution >= 0.6 is 11.6 Å². The fraction of sp³-hybridized carbons (Fsp3) is 0.652. The van der Waals surface area contributed by atoms with Crippen LogP contribution in [0.15, 0.2) is 18.2 Å². The molecule has 1 aromatic rings. The Bertz CT molecular complexity index is 857. The van der Waals surface area contributed by atoms with Gasteiger partial charge in [-0.25, -0.2) is 0 Å². The quantitative estimate of drug-likeness (QED) is 0.621. The number of rotatable bonds is 6. The van der Waals surface area contributed by atoms with Crippen molar-refractivity contribution >= 4 is 34.8 Å². The minimum atomic E-state index is -0.832. The van der Waals surface area contributed by atoms with E-state index in [2.05, 4.69) is 15.1 Å². The Morgan fingerprint density at radius 3 is 2.48 bits per heavy atom. The molecule has 0 radical (unpaired) electrons. The maximum absolute atomic E-state index is 12.6. The van der Waals surface area contributed by atoms with E-state index in [0.717, 1.165) is 31.9 Å². The molecule has 3 fully saturated rings. The van der Waals surface area contributed by atoms with Crippen molar-refractivity contribution in [2.24, 2.45) is 0 Å². The zero-order valence-corrected chi connectivity index (χ0v) is 20.0. The van der Waals surface area contributed by atoms with Crippen molar-refractivity contribution in [1.29, 1.82) is 0 Å². The molecule has 182 valence electrons. The van der Waals surface area contributed by atoms with Gasteiger partial charge >= 0.3 is 0 Å². The zero-order chi connectivity index (χ0) is 23.4. The second kappa shape index (κ2) is 10.6. The molecule has 3 heterocycles. The zero-order valence-electron chi connectivity index (χ0n) is 19.3. The monoisotopic (exact) mass is 479 g/mol. The van der Waals surface area contributed by atoms with Crippen molar-refractivity contribution < 1.29 is 19.4 Å². The van der Waals surface area contributed by atoms with E-state index in [0.29, 0.717) is 63.1 Å². The normalized spacial score (nSPS) is 24.8. The molecule has 4 rings (SSSR count). The van der Waals surface area contributed by atoms with Gasteiger partial charge in [0.25, 0.3) is 0 Å². The second-order valence-electron chi connectivity index (χ2n) is 9.28. The molecule has 1 atom stereocenters. The number of anilines is 2. The maximum atomic E-state index is 12.6. The summed E-state index contributed by atoms with van der Waals surface area (Å²) in [5, 5.41) is 14.6. The van der Waals surface area contributed by atoms with Gasteiger partial charge in [-0.05, 0) is 24.6 Å². The van der Waals surface area contributed by atoms with Crippen LogP contribution in [0, 0.1) is 0 Å². The third-order valence-corrected chi connectivity index (χ3v) is 7.00. The van der Waals surface area contributed by atoms with Crippen LogP contribution < -0.4 is 10.2 Å². The highest BCUT2D eigenvalue weighted by Gasteiger charge is 2.38. The van der Waals surface area contributed by atoms with Crippen LogP contribution in [0.3, 0.4) is 0 Å². The molecule has 0 spiro atoms. The van der Waals surface area contributed by atoms with E-state index in [4.69, 9.17) is 16.3 Å². The van der Waals surface area contributed by atoms with Gasteiger partial charge in [0.05, 0.1) is 36.1 Å². The molecule has 3 aliphatic rings. The van der Waals surface area contributed by atoms with Crippen LogP contribution in [0.4, 0.5) is 11.4 Å². The Kier molecular flexibility index (Phi) is 7.76. The smallest absolute Gasteiger partial charge is 0.238 e. The number of nitrogens with one attached hydrogen (secondary N) is 1. The third kappa shape index (κ3) is 6.36. The molecule has 3 saturated heterocycles. The predicted octanol–water partition coefficient (Wildman–Crippen LogP) is 0.716. The minimum Gasteiger partial charge on any atom is -0.387 e. The van der Waals surface area contributed by atoms with Crippen LogP contribution in [-0.2, 0) is 14.3 Å². The van der Waals surface area contributed by atoms with Gasteiger partial charge in [-0.3, -0.25) is 19.4 Å². The van der Waals surface area contributed by atoms with Crippen LogP contribution in [0.25, 0.3) is 0 Å². The average molecular weight is 480 g/mol. The van der Waals surface area contributed by atoms with Gasteiger partial charge in [0.2, 0.25) is 11.8 Å². The van der Waals surface area contributed by atoms with Crippen molar-refractivity contribution in [2.45, 2.75) is 18.9 Å². The van der Waals surface area contributed by atoms with Gasteiger partial charge in [0, 0.05) is 71.5 Å². The Morgan fingerprint density at radius 2 is 1.82 bits per heavy atom. The lowest BCUT2D eigenvalue weighted by Crippen LogP contribution is -2.53. The lowest BCUT2D eigenvalue weighted by Gasteiger charge is -2.38. The van der Waals surface area contributed by atoms with Crippen molar-refractivity contribution in [2.75, 3.05) is 88.9 Å². The SMILES string of the molecule is CC(=O)N1CCN(C[C@@]2(O)CCN(CC(=O)Nc3ccc(N4CCOCC4)c(Cl)c3)C2)CC1. The third-order valence-electron chi connectivity index (χ3n) is 6.70. The number of piperazine rings is 1. The number of carbonyl (C=O) groups excluding carboxylic acids is 2. The van der Waals surface area contributed by atoms with Crippen molar-refractivity contribution in [3.05, 3.63) is 23.2 Å². The van der Waals surface area contributed by atoms with Gasteiger partial charge in [0.1, 0.15) is 0 Å². The van der Waals surface area contributed by atoms with E-state index in [1.54, 1.807) is 13.0 Å². The lowest BCUT2D eigenvalue weighted by atomic mass is 10.0. The molecule has 9 nitrogen and oxygen atoms in total. The van der Waals surface area contributed by atoms with Crippen molar-refractivity contribution in [3.63, 3.8) is 0 Å². The number of halogens is 1. The number of ether oxygens (including phenoxy) is 1. The lowest BCUT2D eigenvalue weighted by molar-refractivity contribution is -0.130. The molecule has 0 saturated carbocycles. The summed E-state index contributed by atoms with van der Waals surface area (Å²) in [6.07, 6.45) is 0.632. The topological polar surface area (TPSA) is 88.6 Å². The molecule has 0 bridgehead atoms. The van der Waals surface area contributed by atoms with Gasteiger partial charge < -0.3 is 25.0 Å². The first kappa shape index (κ1) is 24.2. The summed E-state index contributed by atoms with van der Waals surface area (Å²) in [5.41, 5.74) is 0.786. The maximum Gasteiger partial charge on any atom is 0.238 e. The first-order valence-corrected chi connectivity index (χ1v) is 12.0. The van der Waals surface area contributed by atoms with E-state index in [9.17, 15) is 14.7 Å². The van der Waals surface area contributed by atoms with Gasteiger partial charge in [-0.2, -0.15) is 0 Å². The second-order valence-corrected chi connectivity index (χ2v) is 9.69. The fourth-order valence-corrected chi connectivity index (χ4v) is 5.19. The molecular weight excluding hydrogens is 446 g/mol. The molecule has 2 N–H and O–H groups in total. The van der Waals surface area contributed by atoms with E-state index < -0.39 is 5.60 Å². The van der Waals surface area contributed by atoms with Crippen molar-refractivity contribution in [3.8, 4) is 0 Å². The number of carbonyl (C=O) groups is 2. The number of aliphatic hydroxyl groups is 1. The first-order chi connectivity index (χ1) is 15.8. The van der Waals surface area contributed by atoms with Crippen LogP contribution in [0.5, 0.6) is 0 Å². The number of benzene rings is 1. The van der Waals surface area contributed by atoms with E-state index in [1.807, 2.05) is 21.9 Å². The van der Waals surface area contributed by atoms with Crippen molar-refractivity contribution in [1.82, 2.24) is 14.7 Å². The van der Waals surface area contributed by atoms with Crippen LogP contribution in [0.2, 0.25) is 5.02 Å². The predicted molar refractivity (Wildman–Crippen MR) is 128 cm³/mol. The highest BCUT2D eigenvalue weighted by atomic mass is 35.5. The summed E-state index contributed by atoms with van der Waals surface area (Å²) >= 11 is 6.47. The molecule has 33 heavy (non-hydrogen) atoms. The number of nitrogens with zero attached hydrogens (tertiary/aromatic N) is 4. The fourth-order valence-electron chi connectivity index (χ4n) is 4.89. The highest BCUT2D eigenvalue weighted by Crippen LogP contribution is 2.29. The number of likely N-dealkylation sites (tertiary alicyclic amines) is 1. The van der Waals surface area contributed by atoms with Gasteiger partial charge in [-0.15, -0.1) is 0 Å². The molecule has 10 heteroatoms. The summed E-state index contributed by atoms with van der Waals surface area (Å²) in [6, 6.07) is 5.59. The number of hydrogen-bond donors (Lipinski definition) is 2. The molecule has 3 aliphatic heterocycles. The Labute approximate surface area is 200 Å². The van der Waals surface area contributed by atoms with E-state index >= 15 is 0 Å². The summed E-state index contributed by atoms with van der Waals surface area (Å²) in [7, 11) is 0. The summed E-state index contributed by atoms with van der Waals surface area (Å²) in [5.74, 6) is -0.0204. The first-order valence-electron chi connectivity index (χ1n) is 11.7. The number of hydrogen-bond acceptors (Lipinski definition) is 7. The Balaban J connectivity index is 1.24. The Hall–Kier alpha value is -1.91. The largest absolute Gasteiger partial charge is 0.387 e.